The first-order valence-corrected chi connectivity index (χ1v) is 5.09. The molecule has 1 aromatic heterocycles. The molecule has 2 rings (SSSR count). The predicted octanol–water partition coefficient (Wildman–Crippen LogP) is 2.64. The largest absolute Gasteiger partial charge is 0.437 e. The van der Waals surface area contributed by atoms with Crippen molar-refractivity contribution in [1.82, 2.24) is 4.98 Å². The van der Waals surface area contributed by atoms with Crippen molar-refractivity contribution in [2.24, 2.45) is 0 Å². The maximum absolute atomic E-state index is 8.77. The summed E-state index contributed by atoms with van der Waals surface area (Å²) in [6.07, 6.45) is 1.68. The summed E-state index contributed by atoms with van der Waals surface area (Å²) in [5.74, 6) is 0.901. The summed E-state index contributed by atoms with van der Waals surface area (Å²) >= 11 is 0. The van der Waals surface area contributed by atoms with Gasteiger partial charge in [0.25, 0.3) is 0 Å². The fraction of sp³-hybridized carbons (Fsp3) is 0.0769. The van der Waals surface area contributed by atoms with Gasteiger partial charge in [0.1, 0.15) is 5.75 Å². The van der Waals surface area contributed by atoms with Crippen LogP contribution in [-0.4, -0.2) is 4.98 Å². The number of hydrogen-bond acceptors (Lipinski definition) is 4. The minimum atomic E-state index is 0.352. The lowest BCUT2D eigenvalue weighted by molar-refractivity contribution is 0.465. The Balaban J connectivity index is 2.28. The lowest BCUT2D eigenvalue weighted by Crippen LogP contribution is -1.95. The second-order valence-electron chi connectivity index (χ2n) is 3.65. The normalized spacial score (nSPS) is 9.65. The lowest BCUT2D eigenvalue weighted by Gasteiger charge is -2.07. The molecule has 0 atom stereocenters. The van der Waals surface area contributed by atoms with Gasteiger partial charge in [-0.05, 0) is 36.8 Å². The first kappa shape index (κ1) is 11.0. The summed E-state index contributed by atoms with van der Waals surface area (Å²) < 4.78 is 5.52. The van der Waals surface area contributed by atoms with Gasteiger partial charge in [-0.15, -0.1) is 0 Å². The van der Waals surface area contributed by atoms with E-state index in [0.717, 1.165) is 5.56 Å². The van der Waals surface area contributed by atoms with Crippen molar-refractivity contribution in [3.05, 3.63) is 47.7 Å². The number of anilines is 1. The quantitative estimate of drug-likeness (QED) is 0.852. The molecule has 0 unspecified atom stereocenters. The fourth-order valence-electron chi connectivity index (χ4n) is 1.41. The molecule has 0 aliphatic heterocycles. The molecule has 0 amide bonds. The van der Waals surface area contributed by atoms with Gasteiger partial charge in [0, 0.05) is 6.20 Å². The number of nitriles is 1. The minimum absolute atomic E-state index is 0.352. The van der Waals surface area contributed by atoms with Gasteiger partial charge in [-0.2, -0.15) is 5.26 Å². The van der Waals surface area contributed by atoms with Crippen LogP contribution in [0.5, 0.6) is 11.6 Å². The van der Waals surface area contributed by atoms with Crippen LogP contribution in [0.1, 0.15) is 11.1 Å². The van der Waals surface area contributed by atoms with Crippen LogP contribution in [0.25, 0.3) is 0 Å². The van der Waals surface area contributed by atoms with Crippen LogP contribution in [0, 0.1) is 18.3 Å². The molecule has 4 nitrogen and oxygen atoms in total. The average molecular weight is 225 g/mol. The van der Waals surface area contributed by atoms with Crippen LogP contribution in [-0.2, 0) is 0 Å². The Morgan fingerprint density at radius 2 is 2.18 bits per heavy atom. The number of nitrogen functional groups attached to an aromatic ring is 1. The number of pyridine rings is 1. The van der Waals surface area contributed by atoms with Crippen LogP contribution in [0.3, 0.4) is 0 Å². The summed E-state index contributed by atoms with van der Waals surface area (Å²) in [7, 11) is 0. The van der Waals surface area contributed by atoms with Gasteiger partial charge in [-0.3, -0.25) is 0 Å². The van der Waals surface area contributed by atoms with E-state index in [1.165, 1.54) is 0 Å². The summed E-state index contributed by atoms with van der Waals surface area (Å²) in [5.41, 5.74) is 7.77. The van der Waals surface area contributed by atoms with Crippen molar-refractivity contribution in [2.75, 3.05) is 5.73 Å². The van der Waals surface area contributed by atoms with Crippen LogP contribution in [0.2, 0.25) is 0 Å². The third-order valence-corrected chi connectivity index (χ3v) is 2.19. The number of benzene rings is 1. The molecule has 0 spiro atoms. The Morgan fingerprint density at radius 1 is 1.35 bits per heavy atom. The smallest absolute Gasteiger partial charge is 0.242 e. The molecule has 17 heavy (non-hydrogen) atoms. The molecule has 0 aliphatic rings. The Kier molecular flexibility index (Phi) is 2.93. The number of ether oxygens (including phenoxy) is 1. The maximum Gasteiger partial charge on any atom is 0.242 e. The molecule has 2 N–H and O–H groups in total. The van der Waals surface area contributed by atoms with E-state index in [0.29, 0.717) is 22.9 Å². The number of hydrogen-bond donors (Lipinski definition) is 1. The zero-order valence-corrected chi connectivity index (χ0v) is 9.34. The molecular weight excluding hydrogens is 214 g/mol. The molecule has 0 bridgehead atoms. The number of aromatic nitrogens is 1. The Labute approximate surface area is 99.3 Å². The fourth-order valence-corrected chi connectivity index (χ4v) is 1.41. The van der Waals surface area contributed by atoms with E-state index < -0.39 is 0 Å². The molecule has 0 saturated heterocycles. The second-order valence-corrected chi connectivity index (χ2v) is 3.65. The molecule has 1 aromatic carbocycles. The predicted molar refractivity (Wildman–Crippen MR) is 64.6 cm³/mol. The Hall–Kier alpha value is -2.54. The topological polar surface area (TPSA) is 71.9 Å². The summed E-state index contributed by atoms with van der Waals surface area (Å²) in [5, 5.41) is 8.77. The molecule has 4 heteroatoms. The molecule has 1 heterocycles. The molecule has 84 valence electrons. The third kappa shape index (κ3) is 2.52. The monoisotopic (exact) mass is 225 g/mol. The van der Waals surface area contributed by atoms with Crippen molar-refractivity contribution in [3.8, 4) is 17.7 Å². The van der Waals surface area contributed by atoms with Crippen LogP contribution < -0.4 is 10.5 Å². The van der Waals surface area contributed by atoms with E-state index >= 15 is 0 Å². The highest BCUT2D eigenvalue weighted by molar-refractivity contribution is 5.51. The van der Waals surface area contributed by atoms with Gasteiger partial charge in [-0.25, -0.2) is 4.98 Å². The standard InChI is InChI=1S/C13H11N3O/c1-9-5-12(15)13(16-8-9)17-11-4-2-3-10(6-11)7-14/h2-6,8H,15H2,1H3. The molecule has 0 saturated carbocycles. The number of nitrogens with zero attached hydrogens (tertiary/aromatic N) is 2. The molecular formula is C13H11N3O. The van der Waals surface area contributed by atoms with Crippen molar-refractivity contribution >= 4 is 5.69 Å². The van der Waals surface area contributed by atoms with Crippen molar-refractivity contribution in [3.63, 3.8) is 0 Å². The highest BCUT2D eigenvalue weighted by Gasteiger charge is 2.04. The van der Waals surface area contributed by atoms with E-state index in [-0.39, 0.29) is 0 Å². The number of nitrogens with two attached hydrogens (primary N) is 1. The first-order chi connectivity index (χ1) is 8.19. The average Bonchev–Trinajstić information content (AvgIpc) is 2.33. The SMILES string of the molecule is Cc1cnc(Oc2cccc(C#N)c2)c(N)c1. The van der Waals surface area contributed by atoms with Gasteiger partial charge >= 0.3 is 0 Å². The van der Waals surface area contributed by atoms with Gasteiger partial charge in [0.05, 0.1) is 17.3 Å². The van der Waals surface area contributed by atoms with Crippen LogP contribution >= 0.6 is 0 Å². The highest BCUT2D eigenvalue weighted by atomic mass is 16.5. The third-order valence-electron chi connectivity index (χ3n) is 2.19. The molecule has 0 fully saturated rings. The van der Waals surface area contributed by atoms with Crippen LogP contribution in [0.15, 0.2) is 36.5 Å². The van der Waals surface area contributed by atoms with E-state index in [9.17, 15) is 0 Å². The van der Waals surface area contributed by atoms with Gasteiger partial charge in [-0.1, -0.05) is 6.07 Å². The summed E-state index contributed by atoms with van der Waals surface area (Å²) in [6, 6.07) is 10.7. The maximum atomic E-state index is 8.77. The molecule has 0 radical (unpaired) electrons. The second kappa shape index (κ2) is 4.54. The molecule has 0 aliphatic carbocycles. The van der Waals surface area contributed by atoms with Gasteiger partial charge in [0.15, 0.2) is 0 Å². The summed E-state index contributed by atoms with van der Waals surface area (Å²) in [6.45, 7) is 1.91. The van der Waals surface area contributed by atoms with Crippen LogP contribution in [0.4, 0.5) is 5.69 Å². The Morgan fingerprint density at radius 3 is 2.88 bits per heavy atom. The first-order valence-electron chi connectivity index (χ1n) is 5.09. The van der Waals surface area contributed by atoms with Crippen molar-refractivity contribution in [2.45, 2.75) is 6.92 Å². The van der Waals surface area contributed by atoms with E-state index in [2.05, 4.69) is 4.98 Å². The zero-order valence-electron chi connectivity index (χ0n) is 9.34. The highest BCUT2D eigenvalue weighted by Crippen LogP contribution is 2.25. The van der Waals surface area contributed by atoms with E-state index in [1.54, 1.807) is 36.5 Å². The van der Waals surface area contributed by atoms with Crippen molar-refractivity contribution in [1.29, 1.82) is 5.26 Å². The van der Waals surface area contributed by atoms with E-state index in [1.807, 2.05) is 13.0 Å². The zero-order chi connectivity index (χ0) is 12.3. The number of aryl methyl sites for hydroxylation is 1. The molecule has 2 aromatic rings. The minimum Gasteiger partial charge on any atom is -0.437 e. The van der Waals surface area contributed by atoms with Gasteiger partial charge < -0.3 is 10.5 Å². The van der Waals surface area contributed by atoms with Gasteiger partial charge in [0.2, 0.25) is 5.88 Å². The lowest BCUT2D eigenvalue weighted by atomic mass is 10.2. The Bertz CT molecular complexity index is 587. The van der Waals surface area contributed by atoms with Crippen molar-refractivity contribution < 1.29 is 4.74 Å². The number of rotatable bonds is 2. The summed E-state index contributed by atoms with van der Waals surface area (Å²) in [4.78, 5) is 4.10. The van der Waals surface area contributed by atoms with E-state index in [4.69, 9.17) is 15.7 Å².